The summed E-state index contributed by atoms with van der Waals surface area (Å²) in [6.45, 7) is 5.08. The molecule has 0 aromatic heterocycles. The van der Waals surface area contributed by atoms with Gasteiger partial charge in [0, 0.05) is 6.04 Å². The second-order valence-electron chi connectivity index (χ2n) is 3.60. The van der Waals surface area contributed by atoms with Crippen LogP contribution in [0.2, 0.25) is 0 Å². The van der Waals surface area contributed by atoms with E-state index in [1.807, 2.05) is 0 Å². The Morgan fingerprint density at radius 3 is 2.09 bits per heavy atom. The molecule has 0 rings (SSSR count). The zero-order valence-electron chi connectivity index (χ0n) is 7.84. The van der Waals surface area contributed by atoms with Crippen LogP contribution in [0.3, 0.4) is 0 Å². The lowest BCUT2D eigenvalue weighted by Gasteiger charge is -2.08. The predicted octanol–water partition coefficient (Wildman–Crippen LogP) is 1.49. The van der Waals surface area contributed by atoms with Gasteiger partial charge in [0.2, 0.25) is 0 Å². The van der Waals surface area contributed by atoms with Gasteiger partial charge in [0.05, 0.1) is 0 Å². The van der Waals surface area contributed by atoms with Crippen molar-refractivity contribution in [1.82, 2.24) is 0 Å². The lowest BCUT2D eigenvalue weighted by Crippen LogP contribution is -2.14. The molecule has 0 spiro atoms. The van der Waals surface area contributed by atoms with Crippen LogP contribution in [0.5, 0.6) is 0 Å². The van der Waals surface area contributed by atoms with Crippen molar-refractivity contribution >= 4 is 0 Å². The molecule has 0 aromatic rings. The van der Waals surface area contributed by atoms with E-state index in [9.17, 15) is 0 Å². The zero-order chi connectivity index (χ0) is 8.69. The van der Waals surface area contributed by atoms with E-state index in [2.05, 4.69) is 13.8 Å². The Hall–Kier alpha value is -0.0800. The van der Waals surface area contributed by atoms with Gasteiger partial charge in [-0.1, -0.05) is 19.8 Å². The fourth-order valence-corrected chi connectivity index (χ4v) is 1.08. The summed E-state index contributed by atoms with van der Waals surface area (Å²) in [4.78, 5) is 0. The lowest BCUT2D eigenvalue weighted by molar-refractivity contribution is 0.486. The minimum absolute atomic E-state index is 0.364. The smallest absolute Gasteiger partial charge is 0.00104 e. The molecule has 0 aromatic carbocycles. The van der Waals surface area contributed by atoms with Crippen LogP contribution in [-0.4, -0.2) is 12.6 Å². The van der Waals surface area contributed by atoms with Crippen LogP contribution in [0, 0.1) is 5.92 Å². The monoisotopic (exact) mass is 158 g/mol. The maximum absolute atomic E-state index is 5.62. The molecule has 0 saturated carbocycles. The molecule has 0 heterocycles. The Bertz CT molecular complexity index is 81.6. The topological polar surface area (TPSA) is 52.0 Å². The Labute approximate surface area is 70.3 Å². The van der Waals surface area contributed by atoms with Gasteiger partial charge < -0.3 is 11.5 Å². The van der Waals surface area contributed by atoms with Crippen molar-refractivity contribution < 1.29 is 0 Å². The molecule has 11 heavy (non-hydrogen) atoms. The highest BCUT2D eigenvalue weighted by atomic mass is 14.6. The first-order valence-electron chi connectivity index (χ1n) is 4.62. The summed E-state index contributed by atoms with van der Waals surface area (Å²) in [5.74, 6) is 0.683. The van der Waals surface area contributed by atoms with Gasteiger partial charge in [-0.3, -0.25) is 0 Å². The number of nitrogens with two attached hydrogens (primary N) is 2. The van der Waals surface area contributed by atoms with Crippen molar-refractivity contribution in [2.45, 2.75) is 45.6 Å². The van der Waals surface area contributed by atoms with E-state index in [1.165, 1.54) is 19.3 Å². The quantitative estimate of drug-likeness (QED) is 0.575. The van der Waals surface area contributed by atoms with Crippen LogP contribution in [0.4, 0.5) is 0 Å². The molecule has 2 heteroatoms. The highest BCUT2D eigenvalue weighted by molar-refractivity contribution is 4.56. The third-order valence-corrected chi connectivity index (χ3v) is 2.01. The average Bonchev–Trinajstić information content (AvgIpc) is 1.97. The molecule has 2 nitrogen and oxygen atoms in total. The van der Waals surface area contributed by atoms with E-state index in [-0.39, 0.29) is 0 Å². The summed E-state index contributed by atoms with van der Waals surface area (Å²) in [5.41, 5.74) is 11.1. The second kappa shape index (κ2) is 6.62. The first kappa shape index (κ1) is 10.9. The minimum atomic E-state index is 0.364. The maximum atomic E-state index is 5.62. The van der Waals surface area contributed by atoms with Crippen LogP contribution in [0.1, 0.15) is 39.5 Å². The predicted molar refractivity (Wildman–Crippen MR) is 50.3 cm³/mol. The summed E-state index contributed by atoms with van der Waals surface area (Å²) in [5, 5.41) is 0. The van der Waals surface area contributed by atoms with Gasteiger partial charge in [0.25, 0.3) is 0 Å². The van der Waals surface area contributed by atoms with E-state index in [0.29, 0.717) is 12.0 Å². The van der Waals surface area contributed by atoms with Crippen LogP contribution < -0.4 is 11.5 Å². The largest absolute Gasteiger partial charge is 0.330 e. The lowest BCUT2D eigenvalue weighted by atomic mass is 10.0. The number of rotatable bonds is 6. The number of hydrogen-bond acceptors (Lipinski definition) is 2. The third kappa shape index (κ3) is 7.82. The molecule has 0 aliphatic carbocycles. The molecule has 2 atom stereocenters. The zero-order valence-corrected chi connectivity index (χ0v) is 7.84. The van der Waals surface area contributed by atoms with Crippen LogP contribution >= 0.6 is 0 Å². The molecule has 0 saturated heterocycles. The third-order valence-electron chi connectivity index (χ3n) is 2.01. The van der Waals surface area contributed by atoms with Crippen molar-refractivity contribution in [1.29, 1.82) is 0 Å². The first-order chi connectivity index (χ1) is 5.16. The highest BCUT2D eigenvalue weighted by Crippen LogP contribution is 2.08. The Kier molecular flexibility index (Phi) is 6.57. The van der Waals surface area contributed by atoms with E-state index < -0.39 is 0 Å². The second-order valence-corrected chi connectivity index (χ2v) is 3.60. The molecule has 2 unspecified atom stereocenters. The normalized spacial score (nSPS) is 16.4. The number of hydrogen-bond donors (Lipinski definition) is 2. The van der Waals surface area contributed by atoms with E-state index in [1.54, 1.807) is 0 Å². The molecule has 0 bridgehead atoms. The van der Waals surface area contributed by atoms with Gasteiger partial charge >= 0.3 is 0 Å². The molecule has 4 N–H and O–H groups in total. The average molecular weight is 158 g/mol. The molecule has 0 aliphatic heterocycles. The van der Waals surface area contributed by atoms with Crippen molar-refractivity contribution in [3.63, 3.8) is 0 Å². The first-order valence-corrected chi connectivity index (χ1v) is 4.62. The fraction of sp³-hybridized carbons (Fsp3) is 1.00. The van der Waals surface area contributed by atoms with Gasteiger partial charge in [0.1, 0.15) is 0 Å². The van der Waals surface area contributed by atoms with Crippen LogP contribution in [0.15, 0.2) is 0 Å². The van der Waals surface area contributed by atoms with E-state index in [0.717, 1.165) is 13.0 Å². The minimum Gasteiger partial charge on any atom is -0.330 e. The Morgan fingerprint density at radius 2 is 1.64 bits per heavy atom. The van der Waals surface area contributed by atoms with Crippen molar-refractivity contribution in [3.05, 3.63) is 0 Å². The Balaban J connectivity index is 3.01. The van der Waals surface area contributed by atoms with Gasteiger partial charge in [-0.15, -0.1) is 0 Å². The fourth-order valence-electron chi connectivity index (χ4n) is 1.08. The summed E-state index contributed by atoms with van der Waals surface area (Å²) in [6.07, 6.45) is 4.93. The summed E-state index contributed by atoms with van der Waals surface area (Å²) < 4.78 is 0. The van der Waals surface area contributed by atoms with Gasteiger partial charge in [0.15, 0.2) is 0 Å². The molecule has 0 fully saturated rings. The van der Waals surface area contributed by atoms with Crippen molar-refractivity contribution in [2.24, 2.45) is 17.4 Å². The van der Waals surface area contributed by atoms with Gasteiger partial charge in [-0.2, -0.15) is 0 Å². The van der Waals surface area contributed by atoms with Crippen molar-refractivity contribution in [3.8, 4) is 0 Å². The summed E-state index contributed by atoms with van der Waals surface area (Å²) >= 11 is 0. The van der Waals surface area contributed by atoms with Crippen molar-refractivity contribution in [2.75, 3.05) is 6.54 Å². The molecular formula is C9H22N2. The standard InChI is InChI=1S/C9H22N2/c1-8(7-10)5-3-4-6-9(2)11/h8-9H,3-7,10-11H2,1-2H3. The molecule has 0 amide bonds. The van der Waals surface area contributed by atoms with E-state index >= 15 is 0 Å². The molecule has 68 valence electrons. The number of unbranched alkanes of at least 4 members (excludes halogenated alkanes) is 1. The van der Waals surface area contributed by atoms with Gasteiger partial charge in [-0.05, 0) is 32.2 Å². The Morgan fingerprint density at radius 1 is 1.09 bits per heavy atom. The molecule has 0 aliphatic rings. The SMILES string of the molecule is CC(N)CCCCC(C)CN. The van der Waals surface area contributed by atoms with Crippen LogP contribution in [0.25, 0.3) is 0 Å². The molecule has 0 radical (unpaired) electrons. The molecular weight excluding hydrogens is 136 g/mol. The maximum Gasteiger partial charge on any atom is 0.00104 e. The van der Waals surface area contributed by atoms with E-state index in [4.69, 9.17) is 11.5 Å². The van der Waals surface area contributed by atoms with Crippen LogP contribution in [-0.2, 0) is 0 Å². The van der Waals surface area contributed by atoms with Gasteiger partial charge in [-0.25, -0.2) is 0 Å². The highest BCUT2D eigenvalue weighted by Gasteiger charge is 1.99. The summed E-state index contributed by atoms with van der Waals surface area (Å²) in [6, 6.07) is 0.364. The summed E-state index contributed by atoms with van der Waals surface area (Å²) in [7, 11) is 0.